The minimum Gasteiger partial charge on any atom is -0.456 e. The number of hydrogen-bond donors (Lipinski definition) is 0. The van der Waals surface area contributed by atoms with E-state index in [0.29, 0.717) is 11.5 Å². The van der Waals surface area contributed by atoms with Gasteiger partial charge in [-0.1, -0.05) is 54.6 Å². The van der Waals surface area contributed by atoms with Crippen LogP contribution >= 0.6 is 0 Å². The normalized spacial score (nSPS) is 17.9. The van der Waals surface area contributed by atoms with Gasteiger partial charge in [0, 0.05) is 5.92 Å². The first-order chi connectivity index (χ1) is 11.9. The minimum atomic E-state index is -0.480. The first-order valence-corrected chi connectivity index (χ1v) is 8.95. The molecule has 3 rings (SSSR count). The molecule has 0 bridgehead atoms. The van der Waals surface area contributed by atoms with Crippen LogP contribution in [0.5, 0.6) is 0 Å². The average Bonchev–Trinajstić information content (AvgIpc) is 2.60. The highest BCUT2D eigenvalue weighted by atomic mass is 16.6. The number of allylic oxidation sites excluding steroid dienone is 2. The molecule has 25 heavy (non-hydrogen) atoms. The van der Waals surface area contributed by atoms with E-state index in [0.717, 1.165) is 35.6 Å². The molecule has 0 heterocycles. The zero-order valence-electron chi connectivity index (χ0n) is 15.3. The van der Waals surface area contributed by atoms with Crippen molar-refractivity contribution in [3.63, 3.8) is 0 Å². The maximum atomic E-state index is 12.9. The zero-order valence-corrected chi connectivity index (χ0v) is 15.3. The van der Waals surface area contributed by atoms with E-state index in [1.807, 2.05) is 56.3 Å². The minimum absolute atomic E-state index is 0.247. The van der Waals surface area contributed by atoms with E-state index in [4.69, 9.17) is 4.74 Å². The predicted octanol–water partition coefficient (Wildman–Crippen LogP) is 6.16. The number of fused-ring (bicyclic) bond motifs is 1. The lowest BCUT2D eigenvalue weighted by atomic mass is 9.79. The van der Waals surface area contributed by atoms with Crippen molar-refractivity contribution in [2.75, 3.05) is 0 Å². The Bertz CT molecular complexity index is 842. The summed E-state index contributed by atoms with van der Waals surface area (Å²) in [7, 11) is 0. The van der Waals surface area contributed by atoms with Crippen LogP contribution in [0, 0.1) is 5.92 Å². The highest BCUT2D eigenvalue weighted by Gasteiger charge is 2.34. The SMILES string of the molecule is C=Cc1cccc2c(C(=O)OC(C)(C)C3CC=C(C)CC3)cccc12. The van der Waals surface area contributed by atoms with Gasteiger partial charge in [0.25, 0.3) is 0 Å². The van der Waals surface area contributed by atoms with Gasteiger partial charge in [-0.3, -0.25) is 0 Å². The third-order valence-electron chi connectivity index (χ3n) is 5.37. The van der Waals surface area contributed by atoms with E-state index in [-0.39, 0.29) is 5.97 Å². The largest absolute Gasteiger partial charge is 0.456 e. The Morgan fingerprint density at radius 1 is 1.20 bits per heavy atom. The Hall–Kier alpha value is -2.35. The van der Waals surface area contributed by atoms with Crippen molar-refractivity contribution in [3.8, 4) is 0 Å². The molecule has 2 aromatic rings. The summed E-state index contributed by atoms with van der Waals surface area (Å²) in [5, 5.41) is 1.95. The molecule has 130 valence electrons. The fraction of sp³-hybridized carbons (Fsp3) is 0.348. The average molecular weight is 334 g/mol. The number of esters is 1. The number of carbonyl (C=O) groups excluding carboxylic acids is 1. The third kappa shape index (κ3) is 3.53. The molecule has 1 aliphatic carbocycles. The van der Waals surface area contributed by atoms with E-state index in [1.165, 1.54) is 5.57 Å². The molecule has 2 aromatic carbocycles. The molecule has 0 saturated carbocycles. The Balaban J connectivity index is 1.89. The summed E-state index contributed by atoms with van der Waals surface area (Å²) in [6, 6.07) is 11.7. The molecular weight excluding hydrogens is 308 g/mol. The quantitative estimate of drug-likeness (QED) is 0.494. The van der Waals surface area contributed by atoms with Crippen LogP contribution in [-0.2, 0) is 4.74 Å². The van der Waals surface area contributed by atoms with E-state index >= 15 is 0 Å². The van der Waals surface area contributed by atoms with Crippen LogP contribution in [0.2, 0.25) is 0 Å². The summed E-state index contributed by atoms with van der Waals surface area (Å²) in [5.41, 5.74) is 2.60. The summed E-state index contributed by atoms with van der Waals surface area (Å²) in [5.74, 6) is 0.113. The second-order valence-electron chi connectivity index (χ2n) is 7.47. The number of benzene rings is 2. The molecular formula is C23H26O2. The van der Waals surface area contributed by atoms with Crippen molar-refractivity contribution in [3.05, 3.63) is 65.8 Å². The zero-order chi connectivity index (χ0) is 18.0. The van der Waals surface area contributed by atoms with Gasteiger partial charge in [-0.2, -0.15) is 0 Å². The second-order valence-corrected chi connectivity index (χ2v) is 7.47. The van der Waals surface area contributed by atoms with Crippen LogP contribution in [0.1, 0.15) is 56.0 Å². The van der Waals surface area contributed by atoms with Gasteiger partial charge in [0.15, 0.2) is 0 Å². The lowest BCUT2D eigenvalue weighted by Crippen LogP contribution is -2.37. The third-order valence-corrected chi connectivity index (χ3v) is 5.37. The maximum absolute atomic E-state index is 12.9. The number of carbonyl (C=O) groups is 1. The van der Waals surface area contributed by atoms with Gasteiger partial charge in [-0.25, -0.2) is 4.79 Å². The molecule has 0 saturated heterocycles. The van der Waals surface area contributed by atoms with Crippen molar-refractivity contribution >= 4 is 22.8 Å². The monoisotopic (exact) mass is 334 g/mol. The molecule has 0 aliphatic heterocycles. The van der Waals surface area contributed by atoms with E-state index in [2.05, 4.69) is 19.6 Å². The molecule has 0 aromatic heterocycles. The number of ether oxygens (including phenoxy) is 1. The number of hydrogen-bond acceptors (Lipinski definition) is 2. The predicted molar refractivity (Wildman–Crippen MR) is 105 cm³/mol. The van der Waals surface area contributed by atoms with Crippen molar-refractivity contribution in [2.24, 2.45) is 5.92 Å². The van der Waals surface area contributed by atoms with Gasteiger partial charge in [0.2, 0.25) is 0 Å². The molecule has 1 unspecified atom stereocenters. The van der Waals surface area contributed by atoms with E-state index in [1.54, 1.807) is 0 Å². The molecule has 2 nitrogen and oxygen atoms in total. The first kappa shape index (κ1) is 17.5. The van der Waals surface area contributed by atoms with E-state index < -0.39 is 5.60 Å². The molecule has 1 aliphatic rings. The topological polar surface area (TPSA) is 26.3 Å². The number of rotatable bonds is 4. The maximum Gasteiger partial charge on any atom is 0.339 e. The fourth-order valence-corrected chi connectivity index (χ4v) is 3.66. The summed E-state index contributed by atoms with van der Waals surface area (Å²) >= 11 is 0. The Labute approximate surface area is 150 Å². The summed E-state index contributed by atoms with van der Waals surface area (Å²) in [6.07, 6.45) is 7.22. The first-order valence-electron chi connectivity index (χ1n) is 8.95. The smallest absolute Gasteiger partial charge is 0.339 e. The Morgan fingerprint density at radius 3 is 2.60 bits per heavy atom. The van der Waals surface area contributed by atoms with Crippen molar-refractivity contribution in [2.45, 2.75) is 45.6 Å². The molecule has 0 spiro atoms. The summed E-state index contributed by atoms with van der Waals surface area (Å²) in [6.45, 7) is 10.1. The molecule has 1 atom stereocenters. The van der Waals surface area contributed by atoms with Crippen molar-refractivity contribution < 1.29 is 9.53 Å². The standard InChI is InChI=1S/C23H26O2/c1-5-17-8-6-10-20-19(17)9-7-11-21(20)22(24)25-23(3,4)18-14-12-16(2)13-15-18/h5-12,18H,1,13-15H2,2-4H3. The molecule has 0 N–H and O–H groups in total. The molecule has 0 radical (unpaired) electrons. The summed E-state index contributed by atoms with van der Waals surface area (Å²) in [4.78, 5) is 12.9. The lowest BCUT2D eigenvalue weighted by molar-refractivity contribution is -0.0321. The van der Waals surface area contributed by atoms with E-state index in [9.17, 15) is 4.79 Å². The van der Waals surface area contributed by atoms with Gasteiger partial charge in [-0.05, 0) is 62.4 Å². The van der Waals surface area contributed by atoms with Crippen LogP contribution in [-0.4, -0.2) is 11.6 Å². The van der Waals surface area contributed by atoms with Crippen molar-refractivity contribution in [1.29, 1.82) is 0 Å². The Morgan fingerprint density at radius 2 is 1.92 bits per heavy atom. The van der Waals surface area contributed by atoms with Crippen LogP contribution in [0.4, 0.5) is 0 Å². The van der Waals surface area contributed by atoms with Gasteiger partial charge in [0.05, 0.1) is 5.56 Å². The highest BCUT2D eigenvalue weighted by molar-refractivity contribution is 6.06. The second kappa shape index (κ2) is 6.87. The van der Waals surface area contributed by atoms with Gasteiger partial charge in [-0.15, -0.1) is 0 Å². The van der Waals surface area contributed by atoms with Crippen LogP contribution in [0.3, 0.4) is 0 Å². The fourth-order valence-electron chi connectivity index (χ4n) is 3.66. The Kier molecular flexibility index (Phi) is 4.80. The van der Waals surface area contributed by atoms with Crippen LogP contribution in [0.15, 0.2) is 54.6 Å². The van der Waals surface area contributed by atoms with Crippen LogP contribution in [0.25, 0.3) is 16.8 Å². The van der Waals surface area contributed by atoms with Gasteiger partial charge >= 0.3 is 5.97 Å². The van der Waals surface area contributed by atoms with Gasteiger partial charge in [0.1, 0.15) is 5.60 Å². The summed E-state index contributed by atoms with van der Waals surface area (Å²) < 4.78 is 5.99. The molecule has 2 heteroatoms. The molecule has 0 amide bonds. The van der Waals surface area contributed by atoms with Gasteiger partial charge < -0.3 is 4.74 Å². The van der Waals surface area contributed by atoms with Crippen molar-refractivity contribution in [1.82, 2.24) is 0 Å². The highest BCUT2D eigenvalue weighted by Crippen LogP contribution is 2.35. The molecule has 0 fully saturated rings. The lowest BCUT2D eigenvalue weighted by Gasteiger charge is -2.35. The van der Waals surface area contributed by atoms with Crippen LogP contribution < -0.4 is 0 Å².